The fourth-order valence-electron chi connectivity index (χ4n) is 4.03. The first-order valence-electron chi connectivity index (χ1n) is 11.0. The Morgan fingerprint density at radius 1 is 1.11 bits per heavy atom. The van der Waals surface area contributed by atoms with Gasteiger partial charge in [-0.05, 0) is 32.0 Å². The predicted molar refractivity (Wildman–Crippen MR) is 128 cm³/mol. The number of rotatable bonds is 9. The summed E-state index contributed by atoms with van der Waals surface area (Å²) in [5.74, 6) is -2.23. The summed E-state index contributed by atoms with van der Waals surface area (Å²) in [5.41, 5.74) is 2.48. The summed E-state index contributed by atoms with van der Waals surface area (Å²) in [6.45, 7) is 4.66. The average Bonchev–Trinajstić information content (AvgIpc) is 2.83. The second kappa shape index (κ2) is 11.4. The van der Waals surface area contributed by atoms with Crippen LogP contribution in [0.1, 0.15) is 30.9 Å². The zero-order valence-corrected chi connectivity index (χ0v) is 20.1. The van der Waals surface area contributed by atoms with E-state index < -0.39 is 22.8 Å². The zero-order valence-electron chi connectivity index (χ0n) is 20.1. The lowest BCUT2D eigenvalue weighted by atomic mass is 9.81. The molecule has 0 saturated carbocycles. The molecule has 1 atom stereocenters. The number of methoxy groups -OCH3 is 1. The van der Waals surface area contributed by atoms with Gasteiger partial charge in [-0.3, -0.25) is 20.0 Å². The van der Waals surface area contributed by atoms with Crippen LogP contribution in [0.3, 0.4) is 0 Å². The smallest absolute Gasteiger partial charge is 0.336 e. The molecule has 1 aromatic heterocycles. The maximum Gasteiger partial charge on any atom is 0.336 e. The van der Waals surface area contributed by atoms with E-state index in [1.807, 2.05) is 42.3 Å². The molecule has 0 radical (unpaired) electrons. The third-order valence-electron chi connectivity index (χ3n) is 5.68. The molecule has 1 N–H and O–H groups in total. The van der Waals surface area contributed by atoms with Crippen molar-refractivity contribution in [2.75, 3.05) is 27.3 Å². The van der Waals surface area contributed by atoms with Crippen molar-refractivity contribution in [3.05, 3.63) is 92.6 Å². The molecule has 1 aromatic carbocycles. The van der Waals surface area contributed by atoms with Gasteiger partial charge in [0.05, 0.1) is 29.1 Å². The number of likely N-dealkylation sites (N-methyl/N-ethyl adjacent to an activating group) is 1. The number of aromatic nitrogens is 1. The summed E-state index contributed by atoms with van der Waals surface area (Å²) in [6, 6.07) is 11.2. The zero-order chi connectivity index (χ0) is 25.5. The number of esters is 2. The quantitative estimate of drug-likeness (QED) is 0.327. The van der Waals surface area contributed by atoms with Crippen LogP contribution in [0.25, 0.3) is 0 Å². The predicted octanol–water partition coefficient (Wildman–Crippen LogP) is 3.07. The van der Waals surface area contributed by atoms with Gasteiger partial charge < -0.3 is 14.8 Å². The molecule has 3 rings (SSSR count). The number of nitrogens with zero attached hydrogens (tertiary/aromatic N) is 3. The van der Waals surface area contributed by atoms with E-state index >= 15 is 0 Å². The van der Waals surface area contributed by atoms with Crippen LogP contribution in [0.5, 0.6) is 0 Å². The Bertz CT molecular complexity index is 1180. The lowest BCUT2D eigenvalue weighted by Crippen LogP contribution is -2.33. The SMILES string of the molecule is COC(=O)C1=C(C)NC(C)=C(C(=O)OCCN(C)Cc2ccccc2)C1c1cncc([N+](=O)[O-])c1. The second-order valence-corrected chi connectivity index (χ2v) is 8.22. The van der Waals surface area contributed by atoms with Crippen molar-refractivity contribution in [1.29, 1.82) is 0 Å². The Morgan fingerprint density at radius 3 is 2.40 bits per heavy atom. The molecule has 0 fully saturated rings. The average molecular weight is 481 g/mol. The van der Waals surface area contributed by atoms with Crippen LogP contribution < -0.4 is 5.32 Å². The molecule has 10 heteroatoms. The second-order valence-electron chi connectivity index (χ2n) is 8.22. The third kappa shape index (κ3) is 6.10. The first kappa shape index (κ1) is 25.6. The largest absolute Gasteiger partial charge is 0.466 e. The van der Waals surface area contributed by atoms with E-state index in [0.29, 0.717) is 30.0 Å². The van der Waals surface area contributed by atoms with E-state index in [4.69, 9.17) is 9.47 Å². The first-order chi connectivity index (χ1) is 16.7. The van der Waals surface area contributed by atoms with Crippen molar-refractivity contribution in [3.8, 4) is 0 Å². The van der Waals surface area contributed by atoms with Gasteiger partial charge in [0.2, 0.25) is 0 Å². The van der Waals surface area contributed by atoms with Gasteiger partial charge in [-0.2, -0.15) is 0 Å². The summed E-state index contributed by atoms with van der Waals surface area (Å²) in [5, 5.41) is 14.4. The van der Waals surface area contributed by atoms with E-state index in [-0.39, 0.29) is 23.4 Å². The molecule has 2 heterocycles. The minimum Gasteiger partial charge on any atom is -0.466 e. The Morgan fingerprint density at radius 2 is 1.77 bits per heavy atom. The van der Waals surface area contributed by atoms with Crippen LogP contribution >= 0.6 is 0 Å². The molecule has 0 saturated heterocycles. The van der Waals surface area contributed by atoms with Crippen LogP contribution in [-0.2, 0) is 25.6 Å². The molecular weight excluding hydrogens is 452 g/mol. The fraction of sp³-hybridized carbons (Fsp3) is 0.320. The standard InChI is InChI=1S/C25H28N4O6/c1-16-21(24(30)34-4)23(19-12-20(29(32)33)14-26-13-19)22(17(2)27-16)25(31)35-11-10-28(3)15-18-8-6-5-7-9-18/h5-9,12-14,23,27H,10-11,15H2,1-4H3. The van der Waals surface area contributed by atoms with E-state index in [0.717, 1.165) is 11.8 Å². The number of hydrogen-bond acceptors (Lipinski definition) is 9. The van der Waals surface area contributed by atoms with Crippen molar-refractivity contribution in [1.82, 2.24) is 15.2 Å². The molecular formula is C25H28N4O6. The lowest BCUT2D eigenvalue weighted by Gasteiger charge is -2.30. The van der Waals surface area contributed by atoms with Crippen LogP contribution in [0.4, 0.5) is 5.69 Å². The molecule has 0 aliphatic carbocycles. The van der Waals surface area contributed by atoms with E-state index in [1.54, 1.807) is 13.8 Å². The third-order valence-corrected chi connectivity index (χ3v) is 5.68. The van der Waals surface area contributed by atoms with Crippen molar-refractivity contribution >= 4 is 17.6 Å². The summed E-state index contributed by atoms with van der Waals surface area (Å²) < 4.78 is 10.5. The van der Waals surface area contributed by atoms with Gasteiger partial charge in [0.1, 0.15) is 12.8 Å². The molecule has 1 aliphatic rings. The van der Waals surface area contributed by atoms with Gasteiger partial charge in [0, 0.05) is 36.7 Å². The number of carbonyl (C=O) groups is 2. The summed E-state index contributed by atoms with van der Waals surface area (Å²) in [4.78, 5) is 42.6. The van der Waals surface area contributed by atoms with Crippen LogP contribution in [0.15, 0.2) is 71.3 Å². The molecule has 35 heavy (non-hydrogen) atoms. The molecule has 1 aliphatic heterocycles. The van der Waals surface area contributed by atoms with Crippen molar-refractivity contribution in [2.24, 2.45) is 0 Å². The van der Waals surface area contributed by atoms with Crippen LogP contribution in [-0.4, -0.2) is 54.1 Å². The highest BCUT2D eigenvalue weighted by Crippen LogP contribution is 2.39. The van der Waals surface area contributed by atoms with Gasteiger partial charge in [-0.15, -0.1) is 0 Å². The topological polar surface area (TPSA) is 124 Å². The number of benzene rings is 1. The number of nitrogens with one attached hydrogen (secondary N) is 1. The Balaban J connectivity index is 1.84. The number of carbonyl (C=O) groups excluding carboxylic acids is 2. The Labute approximate surface area is 203 Å². The maximum atomic E-state index is 13.2. The van der Waals surface area contributed by atoms with Crippen LogP contribution in [0, 0.1) is 10.1 Å². The Kier molecular flexibility index (Phi) is 8.32. The van der Waals surface area contributed by atoms with Gasteiger partial charge >= 0.3 is 11.9 Å². The van der Waals surface area contributed by atoms with Gasteiger partial charge in [0.15, 0.2) is 0 Å². The molecule has 0 bridgehead atoms. The van der Waals surface area contributed by atoms with Gasteiger partial charge in [0.25, 0.3) is 5.69 Å². The highest BCUT2D eigenvalue weighted by molar-refractivity contribution is 5.99. The number of nitro groups is 1. The summed E-state index contributed by atoms with van der Waals surface area (Å²) in [7, 11) is 3.16. The highest BCUT2D eigenvalue weighted by Gasteiger charge is 2.38. The van der Waals surface area contributed by atoms with Crippen molar-refractivity contribution in [3.63, 3.8) is 0 Å². The Hall–Kier alpha value is -4.05. The number of hydrogen-bond donors (Lipinski definition) is 1. The molecule has 10 nitrogen and oxygen atoms in total. The van der Waals surface area contributed by atoms with Gasteiger partial charge in [-0.1, -0.05) is 30.3 Å². The number of dihydropyridines is 1. The minimum absolute atomic E-state index is 0.120. The fourth-order valence-corrected chi connectivity index (χ4v) is 4.03. The molecule has 0 amide bonds. The number of allylic oxidation sites excluding steroid dienone is 2. The van der Waals surface area contributed by atoms with Crippen molar-refractivity contribution in [2.45, 2.75) is 26.3 Å². The number of pyridine rings is 1. The highest BCUT2D eigenvalue weighted by atomic mass is 16.6. The van der Waals surface area contributed by atoms with E-state index in [1.165, 1.54) is 19.4 Å². The maximum absolute atomic E-state index is 13.2. The first-order valence-corrected chi connectivity index (χ1v) is 11.0. The van der Waals surface area contributed by atoms with Gasteiger partial charge in [-0.25, -0.2) is 9.59 Å². The van der Waals surface area contributed by atoms with Crippen molar-refractivity contribution < 1.29 is 24.0 Å². The number of ether oxygens (including phenoxy) is 2. The molecule has 1 unspecified atom stereocenters. The van der Waals surface area contributed by atoms with E-state index in [9.17, 15) is 19.7 Å². The lowest BCUT2D eigenvalue weighted by molar-refractivity contribution is -0.385. The molecule has 184 valence electrons. The monoisotopic (exact) mass is 480 g/mol. The summed E-state index contributed by atoms with van der Waals surface area (Å²) >= 11 is 0. The summed E-state index contributed by atoms with van der Waals surface area (Å²) in [6.07, 6.45) is 2.50. The normalized spacial score (nSPS) is 15.6. The molecule has 0 spiro atoms. The van der Waals surface area contributed by atoms with Crippen LogP contribution in [0.2, 0.25) is 0 Å². The molecule has 2 aromatic rings. The van der Waals surface area contributed by atoms with E-state index in [2.05, 4.69) is 10.3 Å². The minimum atomic E-state index is -0.939.